The number of aromatic nitrogens is 4. The highest BCUT2D eigenvalue weighted by atomic mass is 32.1. The van der Waals surface area contributed by atoms with Crippen molar-refractivity contribution in [1.29, 1.82) is 0 Å². The number of hydrogen-bond acceptors (Lipinski definition) is 5. The zero-order valence-corrected chi connectivity index (χ0v) is 17.5. The summed E-state index contributed by atoms with van der Waals surface area (Å²) >= 11 is 1.56. The van der Waals surface area contributed by atoms with Gasteiger partial charge in [-0.25, -0.2) is 9.97 Å². The third-order valence-electron chi connectivity index (χ3n) is 5.51. The summed E-state index contributed by atoms with van der Waals surface area (Å²) in [6, 6.07) is 4.25. The van der Waals surface area contributed by atoms with E-state index in [0.717, 1.165) is 47.9 Å². The van der Waals surface area contributed by atoms with E-state index in [1.54, 1.807) is 11.3 Å². The van der Waals surface area contributed by atoms with Gasteiger partial charge in [-0.15, -0.1) is 11.3 Å². The third kappa shape index (κ3) is 3.32. The molecule has 8 heteroatoms. The van der Waals surface area contributed by atoms with Gasteiger partial charge in [-0.1, -0.05) is 0 Å². The Morgan fingerprint density at radius 1 is 1.14 bits per heavy atom. The molecule has 1 amide bonds. The average Bonchev–Trinajstić information content (AvgIpc) is 3.46. The molecule has 5 rings (SSSR count). The van der Waals surface area contributed by atoms with Crippen LogP contribution in [0.5, 0.6) is 0 Å². The molecule has 1 aliphatic rings. The highest BCUT2D eigenvalue weighted by Gasteiger charge is 2.26. The number of aryl methyl sites for hydroxylation is 2. The number of carbonyl (C=O) groups is 1. The van der Waals surface area contributed by atoms with Crippen LogP contribution in [0.25, 0.3) is 10.6 Å². The molecule has 29 heavy (non-hydrogen) atoms. The molecule has 0 saturated carbocycles. The Bertz CT molecular complexity index is 1200. The maximum atomic E-state index is 13.0. The molecule has 5 heterocycles. The van der Waals surface area contributed by atoms with Gasteiger partial charge in [0.25, 0.3) is 5.91 Å². The number of amides is 1. The van der Waals surface area contributed by atoms with Crippen molar-refractivity contribution in [2.45, 2.75) is 39.8 Å². The third-order valence-corrected chi connectivity index (χ3v) is 6.27. The van der Waals surface area contributed by atoms with Crippen molar-refractivity contribution in [3.05, 3.63) is 58.2 Å². The zero-order valence-electron chi connectivity index (χ0n) is 16.7. The van der Waals surface area contributed by atoms with Gasteiger partial charge in [0.2, 0.25) is 0 Å². The van der Waals surface area contributed by atoms with Gasteiger partial charge in [0.15, 0.2) is 10.7 Å². The van der Waals surface area contributed by atoms with Crippen molar-refractivity contribution in [3.8, 4) is 0 Å². The lowest BCUT2D eigenvalue weighted by molar-refractivity contribution is 0.0786. The van der Waals surface area contributed by atoms with Crippen LogP contribution in [-0.4, -0.2) is 42.7 Å². The summed E-state index contributed by atoms with van der Waals surface area (Å²) in [5, 5.41) is 5.47. The second kappa shape index (κ2) is 7.27. The first-order valence-corrected chi connectivity index (χ1v) is 10.9. The van der Waals surface area contributed by atoms with Gasteiger partial charge >= 0.3 is 0 Å². The Balaban J connectivity index is 1.36. The molecule has 1 saturated heterocycles. The van der Waals surface area contributed by atoms with Crippen molar-refractivity contribution >= 4 is 27.9 Å². The molecular weight excluding hydrogens is 384 g/mol. The van der Waals surface area contributed by atoms with Crippen LogP contribution < -0.4 is 5.32 Å². The number of pyridine rings is 1. The summed E-state index contributed by atoms with van der Waals surface area (Å²) in [5.41, 5.74) is 5.84. The molecule has 4 aromatic rings. The number of nitrogens with one attached hydrogen (secondary N) is 1. The van der Waals surface area contributed by atoms with Gasteiger partial charge < -0.3 is 14.6 Å². The minimum Gasteiger partial charge on any atom is -0.337 e. The monoisotopic (exact) mass is 408 g/mol. The van der Waals surface area contributed by atoms with Gasteiger partial charge in [-0.2, -0.15) is 0 Å². The van der Waals surface area contributed by atoms with E-state index < -0.39 is 0 Å². The van der Waals surface area contributed by atoms with Crippen molar-refractivity contribution < 1.29 is 4.79 Å². The first-order valence-electron chi connectivity index (χ1n) is 10.00. The molecule has 0 unspecified atom stereocenters. The Morgan fingerprint density at radius 2 is 1.97 bits per heavy atom. The molecule has 7 nitrogen and oxygen atoms in total. The molecule has 0 radical (unpaired) electrons. The van der Waals surface area contributed by atoms with Crippen LogP contribution in [0.4, 0.5) is 0 Å². The van der Waals surface area contributed by atoms with E-state index in [-0.39, 0.29) is 5.91 Å². The van der Waals surface area contributed by atoms with E-state index in [9.17, 15) is 4.79 Å². The Labute approximate surface area is 173 Å². The number of imidazole rings is 2. The number of likely N-dealkylation sites (tertiary alicyclic amines) is 1. The summed E-state index contributed by atoms with van der Waals surface area (Å²) in [5.74, 6) is 0.0500. The number of thiazole rings is 1. The largest absolute Gasteiger partial charge is 0.337 e. The number of carbonyl (C=O) groups excluding carboxylic acids is 1. The molecule has 0 atom stereocenters. The van der Waals surface area contributed by atoms with Gasteiger partial charge in [0.05, 0.1) is 11.4 Å². The topological polar surface area (TPSA) is 66.9 Å². The molecular formula is C21H24N6OS. The van der Waals surface area contributed by atoms with Gasteiger partial charge in [-0.05, 0) is 44.4 Å². The van der Waals surface area contributed by atoms with Crippen LogP contribution in [0.3, 0.4) is 0 Å². The summed E-state index contributed by atoms with van der Waals surface area (Å²) in [4.78, 5) is 25.1. The lowest BCUT2D eigenvalue weighted by atomic mass is 10.2. The van der Waals surface area contributed by atoms with Crippen molar-refractivity contribution in [1.82, 2.24) is 29.0 Å². The first-order chi connectivity index (χ1) is 14.1. The number of hydrogen-bond donors (Lipinski definition) is 1. The zero-order chi connectivity index (χ0) is 20.0. The second-order valence-electron chi connectivity index (χ2n) is 7.70. The normalized spacial score (nSPS) is 14.5. The van der Waals surface area contributed by atoms with Crippen molar-refractivity contribution in [2.24, 2.45) is 0 Å². The van der Waals surface area contributed by atoms with Crippen LogP contribution in [-0.2, 0) is 13.1 Å². The van der Waals surface area contributed by atoms with E-state index in [0.29, 0.717) is 18.8 Å². The van der Waals surface area contributed by atoms with E-state index in [1.165, 1.54) is 11.3 Å². The van der Waals surface area contributed by atoms with Gasteiger partial charge in [0.1, 0.15) is 5.65 Å². The number of nitrogens with zero attached hydrogens (tertiary/aromatic N) is 5. The van der Waals surface area contributed by atoms with E-state index in [1.807, 2.05) is 20.9 Å². The SMILES string of the molecule is Cc1cc(C)n2cc(CNCc3c(C(=O)N4CCCC4)nc4sccn34)nc2c1. The summed E-state index contributed by atoms with van der Waals surface area (Å²) in [7, 11) is 0. The predicted octanol–water partition coefficient (Wildman–Crippen LogP) is 3.19. The fraction of sp³-hybridized carbons (Fsp3) is 0.381. The van der Waals surface area contributed by atoms with E-state index in [2.05, 4.69) is 46.9 Å². The molecule has 1 N–H and O–H groups in total. The van der Waals surface area contributed by atoms with E-state index >= 15 is 0 Å². The smallest absolute Gasteiger partial charge is 0.274 e. The molecule has 1 fully saturated rings. The second-order valence-corrected chi connectivity index (χ2v) is 8.57. The Hall–Kier alpha value is -2.71. The average molecular weight is 409 g/mol. The van der Waals surface area contributed by atoms with Gasteiger partial charge in [0, 0.05) is 49.6 Å². The van der Waals surface area contributed by atoms with Crippen molar-refractivity contribution in [3.63, 3.8) is 0 Å². The highest BCUT2D eigenvalue weighted by Crippen LogP contribution is 2.21. The molecule has 150 valence electrons. The van der Waals surface area contributed by atoms with Crippen LogP contribution in [0, 0.1) is 13.8 Å². The Kier molecular flexibility index (Phi) is 4.60. The van der Waals surface area contributed by atoms with Crippen LogP contribution in [0.1, 0.15) is 46.0 Å². The molecule has 0 aliphatic carbocycles. The molecule has 0 aromatic carbocycles. The summed E-state index contributed by atoms with van der Waals surface area (Å²) in [6.45, 7) is 7.04. The summed E-state index contributed by atoms with van der Waals surface area (Å²) < 4.78 is 4.14. The number of rotatable bonds is 5. The standard InChI is InChI=1S/C21H24N6OS/c1-14-9-15(2)27-13-16(23-18(27)10-14)11-22-12-17-19(20(28)25-5-3-4-6-25)24-21-26(17)7-8-29-21/h7-10,13,22H,3-6,11-12H2,1-2H3. The van der Waals surface area contributed by atoms with Gasteiger partial charge in [-0.3, -0.25) is 9.20 Å². The molecule has 1 aliphatic heterocycles. The molecule has 0 spiro atoms. The fourth-order valence-corrected chi connectivity index (χ4v) is 4.84. The maximum absolute atomic E-state index is 13.0. The quantitative estimate of drug-likeness (QED) is 0.551. The van der Waals surface area contributed by atoms with Crippen LogP contribution >= 0.6 is 11.3 Å². The number of fused-ring (bicyclic) bond motifs is 2. The van der Waals surface area contributed by atoms with Crippen LogP contribution in [0.2, 0.25) is 0 Å². The lowest BCUT2D eigenvalue weighted by Crippen LogP contribution is -2.29. The first kappa shape index (κ1) is 18.3. The van der Waals surface area contributed by atoms with Crippen LogP contribution in [0.15, 0.2) is 29.9 Å². The fourth-order valence-electron chi connectivity index (χ4n) is 4.11. The lowest BCUT2D eigenvalue weighted by Gasteiger charge is -2.14. The molecule has 4 aromatic heterocycles. The Morgan fingerprint density at radius 3 is 2.79 bits per heavy atom. The minimum absolute atomic E-state index is 0.0500. The van der Waals surface area contributed by atoms with Crippen molar-refractivity contribution in [2.75, 3.05) is 13.1 Å². The van der Waals surface area contributed by atoms with E-state index in [4.69, 9.17) is 4.98 Å². The predicted molar refractivity (Wildman–Crippen MR) is 113 cm³/mol. The highest BCUT2D eigenvalue weighted by molar-refractivity contribution is 7.15. The minimum atomic E-state index is 0.0500. The maximum Gasteiger partial charge on any atom is 0.274 e. The molecule has 0 bridgehead atoms. The summed E-state index contributed by atoms with van der Waals surface area (Å²) in [6.07, 6.45) is 6.22.